The number of aromatic amines is 1. The molecule has 2 amide bonds. The van der Waals surface area contributed by atoms with Crippen LogP contribution in [0.3, 0.4) is 0 Å². The SMILES string of the molecule is NC(=O)CC[C@@H](NC(=O)c1cc[nH]c(=O)c1)C(=O)O. The number of hydrogen-bond donors (Lipinski definition) is 4. The van der Waals surface area contributed by atoms with Crippen LogP contribution in [-0.2, 0) is 9.59 Å². The third-order valence-electron chi connectivity index (χ3n) is 2.32. The fourth-order valence-corrected chi connectivity index (χ4v) is 1.37. The van der Waals surface area contributed by atoms with Crippen LogP contribution in [0, 0.1) is 0 Å². The lowest BCUT2D eigenvalue weighted by molar-refractivity contribution is -0.139. The molecule has 0 aliphatic carbocycles. The highest BCUT2D eigenvalue weighted by molar-refractivity contribution is 5.96. The summed E-state index contributed by atoms with van der Waals surface area (Å²) in [6.45, 7) is 0. The molecular weight excluding hydrogens is 254 g/mol. The van der Waals surface area contributed by atoms with Gasteiger partial charge in [0.1, 0.15) is 6.04 Å². The van der Waals surface area contributed by atoms with Gasteiger partial charge in [0.25, 0.3) is 5.91 Å². The van der Waals surface area contributed by atoms with E-state index in [1.54, 1.807) is 0 Å². The first kappa shape index (κ1) is 14.4. The molecule has 0 fully saturated rings. The van der Waals surface area contributed by atoms with Gasteiger partial charge in [0.15, 0.2) is 0 Å². The zero-order valence-corrected chi connectivity index (χ0v) is 9.88. The first-order valence-corrected chi connectivity index (χ1v) is 5.41. The van der Waals surface area contributed by atoms with Crippen molar-refractivity contribution in [2.24, 2.45) is 5.73 Å². The number of nitrogens with two attached hydrogens (primary N) is 1. The Morgan fingerprint density at radius 1 is 1.42 bits per heavy atom. The summed E-state index contributed by atoms with van der Waals surface area (Å²) >= 11 is 0. The standard InChI is InChI=1S/C11H13N3O5/c12-8(15)2-1-7(11(18)19)14-10(17)6-3-4-13-9(16)5-6/h3-5,7H,1-2H2,(H2,12,15)(H,13,16)(H,14,17)(H,18,19)/t7-/m1/s1. The van der Waals surface area contributed by atoms with Crippen molar-refractivity contribution >= 4 is 17.8 Å². The summed E-state index contributed by atoms with van der Waals surface area (Å²) in [5.74, 6) is -2.64. The monoisotopic (exact) mass is 267 g/mol. The Labute approximate surface area is 107 Å². The maximum Gasteiger partial charge on any atom is 0.326 e. The second-order valence-corrected chi connectivity index (χ2v) is 3.81. The van der Waals surface area contributed by atoms with E-state index in [9.17, 15) is 19.2 Å². The van der Waals surface area contributed by atoms with Gasteiger partial charge in [-0.2, -0.15) is 0 Å². The van der Waals surface area contributed by atoms with Gasteiger partial charge >= 0.3 is 5.97 Å². The highest BCUT2D eigenvalue weighted by atomic mass is 16.4. The lowest BCUT2D eigenvalue weighted by atomic mass is 10.1. The summed E-state index contributed by atoms with van der Waals surface area (Å²) in [6, 6.07) is 1.14. The lowest BCUT2D eigenvalue weighted by Gasteiger charge is -2.13. The molecule has 19 heavy (non-hydrogen) atoms. The summed E-state index contributed by atoms with van der Waals surface area (Å²) < 4.78 is 0. The second-order valence-electron chi connectivity index (χ2n) is 3.81. The molecule has 1 rings (SSSR count). The Morgan fingerprint density at radius 3 is 2.63 bits per heavy atom. The van der Waals surface area contributed by atoms with Crippen molar-refractivity contribution < 1.29 is 19.5 Å². The normalized spacial score (nSPS) is 11.6. The van der Waals surface area contributed by atoms with Crippen LogP contribution >= 0.6 is 0 Å². The van der Waals surface area contributed by atoms with Crippen molar-refractivity contribution in [3.8, 4) is 0 Å². The number of carboxylic acid groups (broad SMARTS) is 1. The Bertz CT molecular complexity index is 551. The number of carbonyl (C=O) groups is 3. The predicted octanol–water partition coefficient (Wildman–Crippen LogP) is -1.18. The maximum absolute atomic E-state index is 11.7. The molecule has 0 bridgehead atoms. The van der Waals surface area contributed by atoms with E-state index < -0.39 is 29.4 Å². The Kier molecular flexibility index (Phi) is 4.81. The molecule has 0 unspecified atom stereocenters. The first-order valence-electron chi connectivity index (χ1n) is 5.41. The number of pyridine rings is 1. The highest BCUT2D eigenvalue weighted by Gasteiger charge is 2.21. The van der Waals surface area contributed by atoms with Gasteiger partial charge in [-0.3, -0.25) is 14.4 Å². The lowest BCUT2D eigenvalue weighted by Crippen LogP contribution is -2.41. The van der Waals surface area contributed by atoms with Crippen LogP contribution in [0.2, 0.25) is 0 Å². The van der Waals surface area contributed by atoms with Crippen LogP contribution < -0.4 is 16.6 Å². The van der Waals surface area contributed by atoms with E-state index in [2.05, 4.69) is 10.3 Å². The summed E-state index contributed by atoms with van der Waals surface area (Å²) in [5.41, 5.74) is 4.47. The van der Waals surface area contributed by atoms with Crippen molar-refractivity contribution in [1.29, 1.82) is 0 Å². The minimum absolute atomic E-state index is 0.0362. The van der Waals surface area contributed by atoms with Crippen LogP contribution in [0.5, 0.6) is 0 Å². The largest absolute Gasteiger partial charge is 0.480 e. The molecule has 0 saturated carbocycles. The summed E-state index contributed by atoms with van der Waals surface area (Å²) in [7, 11) is 0. The van der Waals surface area contributed by atoms with E-state index in [1.807, 2.05) is 0 Å². The zero-order chi connectivity index (χ0) is 14.4. The fraction of sp³-hybridized carbons (Fsp3) is 0.273. The Balaban J connectivity index is 2.74. The number of carbonyl (C=O) groups excluding carboxylic acids is 2. The molecule has 8 heteroatoms. The first-order chi connectivity index (χ1) is 8.90. The molecule has 1 aromatic heterocycles. The van der Waals surface area contributed by atoms with Crippen LogP contribution in [-0.4, -0.2) is 33.9 Å². The molecule has 5 N–H and O–H groups in total. The number of rotatable bonds is 6. The Hall–Kier alpha value is -2.64. The summed E-state index contributed by atoms with van der Waals surface area (Å²) in [4.78, 5) is 46.6. The quantitative estimate of drug-likeness (QED) is 0.513. The summed E-state index contributed by atoms with van der Waals surface area (Å²) in [5, 5.41) is 11.1. The molecule has 102 valence electrons. The molecule has 0 aliphatic rings. The van der Waals surface area contributed by atoms with Crippen LogP contribution in [0.15, 0.2) is 23.1 Å². The number of hydrogen-bond acceptors (Lipinski definition) is 4. The van der Waals surface area contributed by atoms with Crippen LogP contribution in [0.4, 0.5) is 0 Å². The van der Waals surface area contributed by atoms with Gasteiger partial charge in [0.2, 0.25) is 11.5 Å². The van der Waals surface area contributed by atoms with Gasteiger partial charge in [-0.05, 0) is 12.5 Å². The summed E-state index contributed by atoms with van der Waals surface area (Å²) in [6.07, 6.45) is 1.00. The second kappa shape index (κ2) is 6.34. The van der Waals surface area contributed by atoms with E-state index in [0.717, 1.165) is 6.07 Å². The molecule has 0 aromatic carbocycles. The third-order valence-corrected chi connectivity index (χ3v) is 2.32. The van der Waals surface area contributed by atoms with E-state index in [0.29, 0.717) is 0 Å². The number of amides is 2. The van der Waals surface area contributed by atoms with E-state index in [-0.39, 0.29) is 18.4 Å². The molecular formula is C11H13N3O5. The number of aromatic nitrogens is 1. The molecule has 1 aromatic rings. The average molecular weight is 267 g/mol. The van der Waals surface area contributed by atoms with Crippen molar-refractivity contribution in [1.82, 2.24) is 10.3 Å². The van der Waals surface area contributed by atoms with E-state index in [4.69, 9.17) is 10.8 Å². The molecule has 0 aliphatic heterocycles. The Morgan fingerprint density at radius 2 is 2.11 bits per heavy atom. The highest BCUT2D eigenvalue weighted by Crippen LogP contribution is 2.00. The van der Waals surface area contributed by atoms with E-state index in [1.165, 1.54) is 12.3 Å². The topological polar surface area (TPSA) is 142 Å². The van der Waals surface area contributed by atoms with Gasteiger partial charge in [0, 0.05) is 24.2 Å². The zero-order valence-electron chi connectivity index (χ0n) is 9.88. The molecule has 8 nitrogen and oxygen atoms in total. The number of primary amides is 1. The molecule has 0 saturated heterocycles. The van der Waals surface area contributed by atoms with Crippen LogP contribution in [0.25, 0.3) is 0 Å². The van der Waals surface area contributed by atoms with E-state index >= 15 is 0 Å². The van der Waals surface area contributed by atoms with Gasteiger partial charge in [-0.25, -0.2) is 4.79 Å². The third kappa shape index (κ3) is 4.62. The fourth-order valence-electron chi connectivity index (χ4n) is 1.37. The smallest absolute Gasteiger partial charge is 0.326 e. The van der Waals surface area contributed by atoms with Gasteiger partial charge in [-0.15, -0.1) is 0 Å². The molecule has 1 heterocycles. The van der Waals surface area contributed by atoms with Crippen molar-refractivity contribution in [2.45, 2.75) is 18.9 Å². The van der Waals surface area contributed by atoms with Gasteiger partial charge in [-0.1, -0.05) is 0 Å². The molecule has 0 radical (unpaired) electrons. The predicted molar refractivity (Wildman–Crippen MR) is 64.4 cm³/mol. The minimum atomic E-state index is -1.28. The van der Waals surface area contributed by atoms with Crippen molar-refractivity contribution in [3.05, 3.63) is 34.2 Å². The van der Waals surface area contributed by atoms with Gasteiger partial charge in [0.05, 0.1) is 0 Å². The average Bonchev–Trinajstić information content (AvgIpc) is 2.33. The van der Waals surface area contributed by atoms with Crippen molar-refractivity contribution in [2.75, 3.05) is 0 Å². The number of H-pyrrole nitrogens is 1. The number of carboxylic acids is 1. The number of nitrogens with one attached hydrogen (secondary N) is 2. The maximum atomic E-state index is 11.7. The molecule has 0 spiro atoms. The minimum Gasteiger partial charge on any atom is -0.480 e. The van der Waals surface area contributed by atoms with Crippen molar-refractivity contribution in [3.63, 3.8) is 0 Å². The van der Waals surface area contributed by atoms with Gasteiger partial charge < -0.3 is 21.1 Å². The molecule has 1 atom stereocenters. The van der Waals surface area contributed by atoms with Crippen LogP contribution in [0.1, 0.15) is 23.2 Å². The number of aliphatic carboxylic acids is 1.